The first kappa shape index (κ1) is 26.4. The van der Waals surface area contributed by atoms with Crippen molar-refractivity contribution < 1.29 is 24.2 Å². The van der Waals surface area contributed by atoms with Gasteiger partial charge in [0.25, 0.3) is 0 Å². The quantitative estimate of drug-likeness (QED) is 0.493. The molecule has 0 aromatic heterocycles. The summed E-state index contributed by atoms with van der Waals surface area (Å²) in [6, 6.07) is 15.0. The number of hydrogen-bond donors (Lipinski definition) is 3. The maximum absolute atomic E-state index is 13.4. The number of benzene rings is 2. The van der Waals surface area contributed by atoms with Crippen LogP contribution in [0.2, 0.25) is 0 Å². The van der Waals surface area contributed by atoms with Gasteiger partial charge in [0.05, 0.1) is 6.61 Å². The summed E-state index contributed by atoms with van der Waals surface area (Å²) >= 11 is 0. The molecule has 8 heteroatoms. The monoisotopic (exact) mass is 465 g/mol. The molecular formula is C26H31N3O5. The molecule has 0 aliphatic rings. The van der Waals surface area contributed by atoms with E-state index >= 15 is 0 Å². The second kappa shape index (κ2) is 12.4. The maximum atomic E-state index is 13.4. The minimum atomic E-state index is -1.11. The number of amides is 3. The van der Waals surface area contributed by atoms with Crippen molar-refractivity contribution in [3.8, 4) is 12.3 Å². The molecule has 3 amide bonds. The van der Waals surface area contributed by atoms with Crippen molar-refractivity contribution in [2.75, 3.05) is 19.7 Å². The van der Waals surface area contributed by atoms with Gasteiger partial charge in [-0.25, -0.2) is 4.79 Å². The first-order chi connectivity index (χ1) is 16.2. The fraction of sp³-hybridized carbons (Fsp3) is 0.346. The van der Waals surface area contributed by atoms with E-state index in [1.165, 1.54) is 4.90 Å². The molecule has 34 heavy (non-hydrogen) atoms. The highest BCUT2D eigenvalue weighted by molar-refractivity contribution is 5.91. The molecule has 8 nitrogen and oxygen atoms in total. The number of carbonyl (C=O) groups excluding carboxylic acids is 3. The molecule has 0 aliphatic heterocycles. The maximum Gasteiger partial charge on any atom is 0.408 e. The van der Waals surface area contributed by atoms with Gasteiger partial charge in [-0.05, 0) is 38.0 Å². The Kier molecular flexibility index (Phi) is 9.65. The predicted octanol–water partition coefficient (Wildman–Crippen LogP) is 2.37. The van der Waals surface area contributed by atoms with Crippen molar-refractivity contribution >= 4 is 17.9 Å². The van der Waals surface area contributed by atoms with Crippen LogP contribution < -0.4 is 10.6 Å². The van der Waals surface area contributed by atoms with E-state index in [2.05, 4.69) is 16.6 Å². The summed E-state index contributed by atoms with van der Waals surface area (Å²) in [6.07, 6.45) is 4.89. The van der Waals surface area contributed by atoms with E-state index in [4.69, 9.17) is 11.2 Å². The Morgan fingerprint density at radius 3 is 2.32 bits per heavy atom. The Labute approximate surface area is 200 Å². The largest absolute Gasteiger partial charge is 0.444 e. The third-order valence-corrected chi connectivity index (χ3v) is 4.72. The molecular weight excluding hydrogens is 434 g/mol. The van der Waals surface area contributed by atoms with Crippen molar-refractivity contribution in [2.24, 2.45) is 0 Å². The first-order valence-electron chi connectivity index (χ1n) is 10.9. The Morgan fingerprint density at radius 2 is 1.71 bits per heavy atom. The van der Waals surface area contributed by atoms with Crippen LogP contribution in [0.25, 0.3) is 0 Å². The number of alkyl carbamates (subject to hydrolysis) is 1. The van der Waals surface area contributed by atoms with Gasteiger partial charge in [0.2, 0.25) is 11.8 Å². The number of nitrogens with one attached hydrogen (secondary N) is 2. The minimum absolute atomic E-state index is 0.142. The SMILES string of the molecule is C#Cc1ccccc1C(C(=O)NCc1ccccc1)N(CCO)C(=O)CNC(=O)OC(C)(C)C. The smallest absolute Gasteiger partial charge is 0.408 e. The van der Waals surface area contributed by atoms with Gasteiger partial charge in [0.1, 0.15) is 18.2 Å². The summed E-state index contributed by atoms with van der Waals surface area (Å²) in [7, 11) is 0. The van der Waals surface area contributed by atoms with E-state index in [0.29, 0.717) is 11.1 Å². The number of aliphatic hydroxyl groups is 1. The Bertz CT molecular complexity index is 1020. The lowest BCUT2D eigenvalue weighted by molar-refractivity contribution is -0.140. The van der Waals surface area contributed by atoms with Gasteiger partial charge in [-0.15, -0.1) is 6.42 Å². The molecule has 0 fully saturated rings. The number of carbonyl (C=O) groups is 3. The van der Waals surface area contributed by atoms with Crippen LogP contribution in [0.5, 0.6) is 0 Å². The molecule has 0 radical (unpaired) electrons. The Balaban J connectivity index is 2.31. The number of hydrogen-bond acceptors (Lipinski definition) is 5. The topological polar surface area (TPSA) is 108 Å². The highest BCUT2D eigenvalue weighted by Gasteiger charge is 2.32. The molecule has 1 unspecified atom stereocenters. The van der Waals surface area contributed by atoms with Crippen LogP contribution in [0, 0.1) is 12.3 Å². The van der Waals surface area contributed by atoms with Crippen LogP contribution in [0.15, 0.2) is 54.6 Å². The van der Waals surface area contributed by atoms with Gasteiger partial charge in [0.15, 0.2) is 0 Å². The molecule has 3 N–H and O–H groups in total. The molecule has 0 bridgehead atoms. The van der Waals surface area contributed by atoms with Crippen LogP contribution in [0.1, 0.15) is 43.5 Å². The number of nitrogens with zero attached hydrogens (tertiary/aromatic N) is 1. The standard InChI is InChI=1S/C26H31N3O5/c1-5-20-13-9-10-14-21(20)23(24(32)27-17-19-11-7-6-8-12-19)29(15-16-30)22(31)18-28-25(33)34-26(2,3)4/h1,6-14,23,30H,15-18H2,2-4H3,(H,27,32)(H,28,33). The van der Waals surface area contributed by atoms with Gasteiger partial charge in [0, 0.05) is 18.7 Å². The molecule has 180 valence electrons. The van der Waals surface area contributed by atoms with E-state index in [1.807, 2.05) is 30.3 Å². The first-order valence-corrected chi connectivity index (χ1v) is 10.9. The third-order valence-electron chi connectivity index (χ3n) is 4.72. The summed E-state index contributed by atoms with van der Waals surface area (Å²) in [5.41, 5.74) is 1.03. The number of ether oxygens (including phenoxy) is 1. The molecule has 0 saturated carbocycles. The molecule has 0 heterocycles. The van der Waals surface area contributed by atoms with Crippen molar-refractivity contribution in [1.82, 2.24) is 15.5 Å². The summed E-state index contributed by atoms with van der Waals surface area (Å²) in [5, 5.41) is 14.9. The third kappa shape index (κ3) is 7.94. The summed E-state index contributed by atoms with van der Waals surface area (Å²) in [4.78, 5) is 39.7. The van der Waals surface area contributed by atoms with Crippen LogP contribution in [0.4, 0.5) is 4.79 Å². The van der Waals surface area contributed by atoms with Gasteiger partial charge >= 0.3 is 6.09 Å². The molecule has 0 saturated heterocycles. The zero-order chi connectivity index (χ0) is 25.1. The van der Waals surface area contributed by atoms with Gasteiger partial charge in [-0.1, -0.05) is 54.5 Å². The van der Waals surface area contributed by atoms with Crippen molar-refractivity contribution in [3.05, 3.63) is 71.3 Å². The molecule has 0 spiro atoms. The average molecular weight is 466 g/mol. The zero-order valence-corrected chi connectivity index (χ0v) is 19.7. The number of aliphatic hydroxyl groups excluding tert-OH is 1. The Morgan fingerprint density at radius 1 is 1.06 bits per heavy atom. The predicted molar refractivity (Wildman–Crippen MR) is 128 cm³/mol. The van der Waals surface area contributed by atoms with Crippen molar-refractivity contribution in [3.63, 3.8) is 0 Å². The van der Waals surface area contributed by atoms with Crippen LogP contribution >= 0.6 is 0 Å². The van der Waals surface area contributed by atoms with E-state index in [-0.39, 0.29) is 13.1 Å². The van der Waals surface area contributed by atoms with Gasteiger partial charge in [-0.3, -0.25) is 9.59 Å². The summed E-state index contributed by atoms with van der Waals surface area (Å²) < 4.78 is 5.17. The van der Waals surface area contributed by atoms with Crippen LogP contribution in [-0.2, 0) is 20.9 Å². The normalized spacial score (nSPS) is 11.6. The molecule has 2 aromatic carbocycles. The second-order valence-corrected chi connectivity index (χ2v) is 8.50. The summed E-state index contributed by atoms with van der Waals surface area (Å²) in [6.45, 7) is 4.40. The van der Waals surface area contributed by atoms with E-state index in [0.717, 1.165) is 5.56 Å². The molecule has 1 atom stereocenters. The fourth-order valence-electron chi connectivity index (χ4n) is 3.27. The lowest BCUT2D eigenvalue weighted by Gasteiger charge is -2.31. The highest BCUT2D eigenvalue weighted by atomic mass is 16.6. The van der Waals surface area contributed by atoms with Crippen LogP contribution in [0.3, 0.4) is 0 Å². The minimum Gasteiger partial charge on any atom is -0.444 e. The second-order valence-electron chi connectivity index (χ2n) is 8.50. The van der Waals surface area contributed by atoms with E-state index in [1.54, 1.807) is 45.0 Å². The zero-order valence-electron chi connectivity index (χ0n) is 19.7. The highest BCUT2D eigenvalue weighted by Crippen LogP contribution is 2.25. The lowest BCUT2D eigenvalue weighted by atomic mass is 9.98. The lowest BCUT2D eigenvalue weighted by Crippen LogP contribution is -2.48. The van der Waals surface area contributed by atoms with E-state index in [9.17, 15) is 19.5 Å². The van der Waals surface area contributed by atoms with Crippen molar-refractivity contribution in [1.29, 1.82) is 0 Å². The molecule has 2 aromatic rings. The summed E-state index contributed by atoms with van der Waals surface area (Å²) in [5.74, 6) is 1.50. The molecule has 2 rings (SSSR count). The average Bonchev–Trinajstić information content (AvgIpc) is 2.80. The number of rotatable bonds is 9. The Hall–Kier alpha value is -3.83. The van der Waals surface area contributed by atoms with E-state index < -0.39 is 42.7 Å². The number of terminal acetylenes is 1. The van der Waals surface area contributed by atoms with Crippen LogP contribution in [-0.4, -0.2) is 53.2 Å². The fourth-order valence-corrected chi connectivity index (χ4v) is 3.27. The van der Waals surface area contributed by atoms with Gasteiger partial charge < -0.3 is 25.4 Å². The van der Waals surface area contributed by atoms with Crippen molar-refractivity contribution in [2.45, 2.75) is 39.0 Å². The molecule has 0 aliphatic carbocycles. The van der Waals surface area contributed by atoms with Gasteiger partial charge in [-0.2, -0.15) is 0 Å².